The van der Waals surface area contributed by atoms with Gasteiger partial charge in [-0.25, -0.2) is 4.79 Å². The Bertz CT molecular complexity index is 715. The number of amides is 2. The predicted octanol–water partition coefficient (Wildman–Crippen LogP) is 3.41. The minimum atomic E-state index is -0.220. The van der Waals surface area contributed by atoms with Crippen molar-refractivity contribution in [2.24, 2.45) is 0 Å². The number of carbonyl (C=O) groups excluding carboxylic acids is 1. The molecule has 0 saturated heterocycles. The number of nitrogens with one attached hydrogen (secondary N) is 2. The van der Waals surface area contributed by atoms with Crippen LogP contribution in [-0.4, -0.2) is 24.2 Å². The molecular weight excluding hydrogens is 330 g/mol. The zero-order chi connectivity index (χ0) is 18.2. The number of carbonyl (C=O) groups is 1. The Kier molecular flexibility index (Phi) is 6.30. The molecule has 0 spiro atoms. The topological polar surface area (TPSA) is 72.5 Å². The van der Waals surface area contributed by atoms with Gasteiger partial charge in [-0.1, -0.05) is 12.1 Å². The third kappa shape index (κ3) is 5.12. The van der Waals surface area contributed by atoms with Crippen molar-refractivity contribution in [1.82, 2.24) is 15.6 Å². The largest absolute Gasteiger partial charge is 0.493 e. The highest BCUT2D eigenvalue weighted by Gasteiger charge is 2.18. The van der Waals surface area contributed by atoms with Crippen LogP contribution in [0.2, 0.25) is 0 Å². The van der Waals surface area contributed by atoms with Gasteiger partial charge in [-0.2, -0.15) is 0 Å². The van der Waals surface area contributed by atoms with Crippen LogP contribution in [0.3, 0.4) is 0 Å². The molecule has 26 heavy (non-hydrogen) atoms. The van der Waals surface area contributed by atoms with Crippen molar-refractivity contribution in [2.75, 3.05) is 7.11 Å². The zero-order valence-corrected chi connectivity index (χ0v) is 15.0. The Morgan fingerprint density at radius 1 is 1.12 bits per heavy atom. The number of hydrogen-bond acceptors (Lipinski definition) is 4. The molecule has 0 atom stereocenters. The molecule has 1 saturated carbocycles. The highest BCUT2D eigenvalue weighted by atomic mass is 16.5. The van der Waals surface area contributed by atoms with Gasteiger partial charge in [0.25, 0.3) is 0 Å². The third-order valence-corrected chi connectivity index (χ3v) is 4.45. The fourth-order valence-corrected chi connectivity index (χ4v) is 3.04. The molecule has 3 rings (SSSR count). The number of rotatable bonds is 7. The first kappa shape index (κ1) is 18.0. The monoisotopic (exact) mass is 355 g/mol. The fourth-order valence-electron chi connectivity index (χ4n) is 3.04. The Morgan fingerprint density at radius 2 is 1.88 bits per heavy atom. The van der Waals surface area contributed by atoms with Crippen molar-refractivity contribution >= 4 is 6.03 Å². The molecule has 138 valence electrons. The summed E-state index contributed by atoms with van der Waals surface area (Å²) in [4.78, 5) is 16.0. The average molecular weight is 355 g/mol. The fraction of sp³-hybridized carbons (Fsp3) is 0.400. The Labute approximate surface area is 153 Å². The van der Waals surface area contributed by atoms with Crippen LogP contribution >= 0.6 is 0 Å². The number of methoxy groups -OCH3 is 1. The summed E-state index contributed by atoms with van der Waals surface area (Å²) in [5.41, 5.74) is 1.93. The first-order valence-corrected chi connectivity index (χ1v) is 8.99. The van der Waals surface area contributed by atoms with Crippen molar-refractivity contribution in [1.29, 1.82) is 0 Å². The van der Waals surface area contributed by atoms with Crippen LogP contribution in [0.25, 0.3) is 0 Å². The first-order chi connectivity index (χ1) is 12.7. The number of benzene rings is 1. The minimum absolute atomic E-state index is 0.220. The van der Waals surface area contributed by atoms with Crippen LogP contribution in [0.1, 0.15) is 36.8 Å². The van der Waals surface area contributed by atoms with Crippen molar-refractivity contribution in [3.63, 3.8) is 0 Å². The summed E-state index contributed by atoms with van der Waals surface area (Å²) in [6.45, 7) is 0.863. The van der Waals surface area contributed by atoms with E-state index >= 15 is 0 Å². The summed E-state index contributed by atoms with van der Waals surface area (Å²) in [7, 11) is 1.64. The van der Waals surface area contributed by atoms with E-state index in [4.69, 9.17) is 9.47 Å². The second kappa shape index (κ2) is 9.08. The summed E-state index contributed by atoms with van der Waals surface area (Å²) < 4.78 is 11.5. The van der Waals surface area contributed by atoms with Gasteiger partial charge in [0.05, 0.1) is 13.2 Å². The average Bonchev–Trinajstić information content (AvgIpc) is 3.19. The van der Waals surface area contributed by atoms with Crippen LogP contribution in [0.5, 0.6) is 11.5 Å². The lowest BCUT2D eigenvalue weighted by atomic mass is 10.2. The van der Waals surface area contributed by atoms with Gasteiger partial charge in [-0.05, 0) is 55.0 Å². The van der Waals surface area contributed by atoms with Crippen molar-refractivity contribution in [3.8, 4) is 11.5 Å². The molecule has 2 amide bonds. The predicted molar refractivity (Wildman–Crippen MR) is 99.2 cm³/mol. The van der Waals surface area contributed by atoms with Gasteiger partial charge in [-0.3, -0.25) is 4.98 Å². The summed E-state index contributed by atoms with van der Waals surface area (Å²) in [6.07, 6.45) is 8.30. The lowest BCUT2D eigenvalue weighted by Gasteiger charge is -2.17. The number of hydrogen-bond donors (Lipinski definition) is 2. The lowest BCUT2D eigenvalue weighted by molar-refractivity contribution is 0.200. The summed E-state index contributed by atoms with van der Waals surface area (Å²) in [6, 6.07) is 9.30. The van der Waals surface area contributed by atoms with E-state index in [0.717, 1.165) is 35.5 Å². The highest BCUT2D eigenvalue weighted by molar-refractivity contribution is 5.73. The smallest absolute Gasteiger partial charge is 0.315 e. The standard InChI is InChI=1S/C20H25N3O3/c1-25-18-9-8-15(11-19(18)26-17-6-2-3-7-17)13-22-20(24)23-14-16-5-4-10-21-12-16/h4-5,8-12,17H,2-3,6-7,13-14H2,1H3,(H2,22,23,24). The van der Waals surface area contributed by atoms with Gasteiger partial charge in [0, 0.05) is 25.5 Å². The molecule has 0 unspecified atom stereocenters. The molecule has 6 nitrogen and oxygen atoms in total. The molecule has 1 heterocycles. The molecule has 1 aliphatic carbocycles. The van der Waals surface area contributed by atoms with E-state index < -0.39 is 0 Å². The summed E-state index contributed by atoms with van der Waals surface area (Å²) in [5, 5.41) is 5.68. The minimum Gasteiger partial charge on any atom is -0.493 e. The Balaban J connectivity index is 1.52. The summed E-state index contributed by atoms with van der Waals surface area (Å²) in [5.74, 6) is 1.47. The van der Waals surface area contributed by atoms with Gasteiger partial charge < -0.3 is 20.1 Å². The Morgan fingerprint density at radius 3 is 2.58 bits per heavy atom. The molecular formula is C20H25N3O3. The molecule has 2 N–H and O–H groups in total. The van der Waals surface area contributed by atoms with E-state index in [1.165, 1.54) is 12.8 Å². The maximum absolute atomic E-state index is 12.0. The van der Waals surface area contributed by atoms with Crippen LogP contribution in [0.4, 0.5) is 4.79 Å². The van der Waals surface area contributed by atoms with Gasteiger partial charge in [-0.15, -0.1) is 0 Å². The maximum atomic E-state index is 12.0. The van der Waals surface area contributed by atoms with E-state index in [9.17, 15) is 4.79 Å². The molecule has 1 fully saturated rings. The van der Waals surface area contributed by atoms with E-state index in [1.807, 2.05) is 30.3 Å². The van der Waals surface area contributed by atoms with Crippen LogP contribution in [0, 0.1) is 0 Å². The van der Waals surface area contributed by atoms with E-state index in [2.05, 4.69) is 15.6 Å². The van der Waals surface area contributed by atoms with Crippen LogP contribution < -0.4 is 20.1 Å². The molecule has 0 bridgehead atoms. The number of pyridine rings is 1. The number of aromatic nitrogens is 1. The Hall–Kier alpha value is -2.76. The van der Waals surface area contributed by atoms with E-state index in [-0.39, 0.29) is 12.1 Å². The maximum Gasteiger partial charge on any atom is 0.315 e. The van der Waals surface area contributed by atoms with Crippen molar-refractivity contribution in [3.05, 3.63) is 53.9 Å². The molecule has 1 aromatic carbocycles. The van der Waals surface area contributed by atoms with Gasteiger partial charge >= 0.3 is 6.03 Å². The van der Waals surface area contributed by atoms with Crippen molar-refractivity contribution in [2.45, 2.75) is 44.9 Å². The molecule has 0 aliphatic heterocycles. The van der Waals surface area contributed by atoms with E-state index in [0.29, 0.717) is 13.1 Å². The summed E-state index contributed by atoms with van der Waals surface area (Å²) >= 11 is 0. The first-order valence-electron chi connectivity index (χ1n) is 8.99. The number of nitrogens with zero attached hydrogens (tertiary/aromatic N) is 1. The zero-order valence-electron chi connectivity index (χ0n) is 15.0. The van der Waals surface area contributed by atoms with Crippen LogP contribution in [-0.2, 0) is 13.1 Å². The molecule has 6 heteroatoms. The quantitative estimate of drug-likeness (QED) is 0.798. The van der Waals surface area contributed by atoms with Crippen LogP contribution in [0.15, 0.2) is 42.7 Å². The molecule has 1 aliphatic rings. The number of ether oxygens (including phenoxy) is 2. The molecule has 0 radical (unpaired) electrons. The molecule has 2 aromatic rings. The number of urea groups is 1. The molecule has 1 aromatic heterocycles. The normalized spacial score (nSPS) is 14.0. The van der Waals surface area contributed by atoms with Crippen molar-refractivity contribution < 1.29 is 14.3 Å². The van der Waals surface area contributed by atoms with Gasteiger partial charge in [0.1, 0.15) is 0 Å². The SMILES string of the molecule is COc1ccc(CNC(=O)NCc2cccnc2)cc1OC1CCCC1. The van der Waals surface area contributed by atoms with E-state index in [1.54, 1.807) is 19.5 Å². The van der Waals surface area contributed by atoms with Gasteiger partial charge in [0.2, 0.25) is 0 Å². The lowest BCUT2D eigenvalue weighted by Crippen LogP contribution is -2.34. The van der Waals surface area contributed by atoms with Gasteiger partial charge in [0.15, 0.2) is 11.5 Å². The highest BCUT2D eigenvalue weighted by Crippen LogP contribution is 2.32. The second-order valence-electron chi connectivity index (χ2n) is 6.41. The third-order valence-electron chi connectivity index (χ3n) is 4.45. The second-order valence-corrected chi connectivity index (χ2v) is 6.41.